The van der Waals surface area contributed by atoms with Crippen molar-refractivity contribution in [3.8, 4) is 11.5 Å². The van der Waals surface area contributed by atoms with E-state index in [0.29, 0.717) is 28.7 Å². The molecule has 152 valence electrons. The van der Waals surface area contributed by atoms with Crippen LogP contribution in [0.3, 0.4) is 0 Å². The van der Waals surface area contributed by atoms with E-state index in [1.807, 2.05) is 55.8 Å². The molecule has 6 nitrogen and oxygen atoms in total. The summed E-state index contributed by atoms with van der Waals surface area (Å²) in [7, 11) is 0. The number of aryl methyl sites for hydroxylation is 3. The molecule has 0 radical (unpaired) electrons. The van der Waals surface area contributed by atoms with Crippen molar-refractivity contribution in [2.24, 2.45) is 0 Å². The first-order valence-corrected chi connectivity index (χ1v) is 9.92. The molecule has 0 aliphatic rings. The van der Waals surface area contributed by atoms with Gasteiger partial charge in [-0.05, 0) is 63.2 Å². The number of amides is 1. The molecule has 0 unspecified atom stereocenters. The minimum absolute atomic E-state index is 0.257. The third kappa shape index (κ3) is 4.14. The van der Waals surface area contributed by atoms with Gasteiger partial charge < -0.3 is 9.73 Å². The molecule has 7 heteroatoms. The van der Waals surface area contributed by atoms with Gasteiger partial charge in [0.1, 0.15) is 11.5 Å². The number of rotatable bonds is 5. The molecular weight excluding hydrogens is 400 g/mol. The lowest BCUT2D eigenvalue weighted by Gasteiger charge is -2.07. The van der Waals surface area contributed by atoms with Gasteiger partial charge in [-0.15, -0.1) is 0 Å². The first-order chi connectivity index (χ1) is 14.4. The van der Waals surface area contributed by atoms with Crippen LogP contribution in [-0.2, 0) is 6.54 Å². The normalized spacial score (nSPS) is 10.9. The zero-order valence-electron chi connectivity index (χ0n) is 16.9. The Labute approximate surface area is 179 Å². The number of carbonyl (C=O) groups excluding carboxylic acids is 1. The number of oxazole rings is 1. The fourth-order valence-corrected chi connectivity index (χ4v) is 3.44. The van der Waals surface area contributed by atoms with E-state index < -0.39 is 0 Å². The van der Waals surface area contributed by atoms with E-state index >= 15 is 0 Å². The molecule has 2 aromatic heterocycles. The fourth-order valence-electron chi connectivity index (χ4n) is 3.21. The van der Waals surface area contributed by atoms with Crippen LogP contribution in [0, 0.1) is 20.8 Å². The first kappa shape index (κ1) is 19.9. The highest BCUT2D eigenvalue weighted by Crippen LogP contribution is 2.25. The van der Waals surface area contributed by atoms with E-state index in [1.165, 1.54) is 0 Å². The molecule has 1 N–H and O–H groups in total. The zero-order valence-corrected chi connectivity index (χ0v) is 17.7. The van der Waals surface area contributed by atoms with Gasteiger partial charge in [-0.25, -0.2) is 4.98 Å². The van der Waals surface area contributed by atoms with E-state index in [4.69, 9.17) is 16.0 Å². The summed E-state index contributed by atoms with van der Waals surface area (Å²) in [6.07, 6.45) is 0. The summed E-state index contributed by atoms with van der Waals surface area (Å²) in [5.41, 5.74) is 4.81. The minimum atomic E-state index is -0.257. The molecule has 0 saturated carbocycles. The van der Waals surface area contributed by atoms with Gasteiger partial charge in [0.2, 0.25) is 5.89 Å². The molecular formula is C23H21ClN4O2. The monoisotopic (exact) mass is 420 g/mol. The summed E-state index contributed by atoms with van der Waals surface area (Å²) in [5, 5.41) is 7.75. The summed E-state index contributed by atoms with van der Waals surface area (Å²) in [6, 6.07) is 16.3. The summed E-state index contributed by atoms with van der Waals surface area (Å²) in [4.78, 5) is 17.0. The van der Waals surface area contributed by atoms with Gasteiger partial charge in [0.05, 0.1) is 22.8 Å². The van der Waals surface area contributed by atoms with E-state index in [0.717, 1.165) is 28.4 Å². The molecule has 2 aromatic carbocycles. The molecule has 4 rings (SSSR count). The predicted molar refractivity (Wildman–Crippen MR) is 117 cm³/mol. The van der Waals surface area contributed by atoms with Gasteiger partial charge >= 0.3 is 0 Å². The molecule has 1 amide bonds. The van der Waals surface area contributed by atoms with Crippen molar-refractivity contribution in [1.29, 1.82) is 0 Å². The molecule has 0 fully saturated rings. The molecule has 0 spiro atoms. The third-order valence-corrected chi connectivity index (χ3v) is 5.13. The predicted octanol–water partition coefficient (Wildman–Crippen LogP) is 5.42. The van der Waals surface area contributed by atoms with Crippen LogP contribution in [-0.4, -0.2) is 20.7 Å². The third-order valence-electron chi connectivity index (χ3n) is 4.80. The van der Waals surface area contributed by atoms with Crippen LogP contribution in [0.25, 0.3) is 11.5 Å². The summed E-state index contributed by atoms with van der Waals surface area (Å²) < 4.78 is 7.78. The van der Waals surface area contributed by atoms with Crippen LogP contribution >= 0.6 is 11.6 Å². The maximum atomic E-state index is 12.4. The minimum Gasteiger partial charge on any atom is -0.441 e. The van der Waals surface area contributed by atoms with Gasteiger partial charge in [0.25, 0.3) is 5.91 Å². The van der Waals surface area contributed by atoms with Gasteiger partial charge in [-0.3, -0.25) is 9.48 Å². The molecule has 0 aliphatic carbocycles. The summed E-state index contributed by atoms with van der Waals surface area (Å²) in [6.45, 7) is 6.44. The zero-order chi connectivity index (χ0) is 21.3. The van der Waals surface area contributed by atoms with E-state index in [2.05, 4.69) is 15.4 Å². The van der Waals surface area contributed by atoms with Gasteiger partial charge in [-0.1, -0.05) is 23.7 Å². The SMILES string of the molecule is Cc1cc(C)n(Cc2nc(-c3ccc(NC(=O)c4ccccc4Cl)cc3)oc2C)n1. The largest absolute Gasteiger partial charge is 0.441 e. The Balaban J connectivity index is 1.50. The Morgan fingerprint density at radius 2 is 1.83 bits per heavy atom. The number of anilines is 1. The maximum Gasteiger partial charge on any atom is 0.257 e. The number of carbonyl (C=O) groups is 1. The highest BCUT2D eigenvalue weighted by molar-refractivity contribution is 6.34. The Morgan fingerprint density at radius 3 is 2.50 bits per heavy atom. The number of benzene rings is 2. The van der Waals surface area contributed by atoms with Crippen LogP contribution < -0.4 is 5.32 Å². The topological polar surface area (TPSA) is 73.0 Å². The molecule has 0 aliphatic heterocycles. The number of hydrogen-bond acceptors (Lipinski definition) is 4. The maximum absolute atomic E-state index is 12.4. The van der Waals surface area contributed by atoms with Gasteiger partial charge in [0.15, 0.2) is 0 Å². The highest BCUT2D eigenvalue weighted by atomic mass is 35.5. The molecule has 4 aromatic rings. The molecule has 30 heavy (non-hydrogen) atoms. The van der Waals surface area contributed by atoms with Crippen molar-refractivity contribution in [2.75, 3.05) is 5.32 Å². The molecule has 0 bridgehead atoms. The second-order valence-electron chi connectivity index (χ2n) is 7.12. The highest BCUT2D eigenvalue weighted by Gasteiger charge is 2.14. The van der Waals surface area contributed by atoms with Crippen LogP contribution in [0.15, 0.2) is 59.0 Å². The van der Waals surface area contributed by atoms with Crippen molar-refractivity contribution >= 4 is 23.2 Å². The lowest BCUT2D eigenvalue weighted by atomic mass is 10.2. The molecule has 2 heterocycles. The Kier molecular flexibility index (Phi) is 5.42. The Bertz CT molecular complexity index is 1210. The standard InChI is InChI=1S/C23H21ClN4O2/c1-14-12-15(2)28(27-14)13-21-16(3)30-23(26-21)17-8-10-18(11-9-17)25-22(29)19-6-4-5-7-20(19)24/h4-12H,13H2,1-3H3,(H,25,29). The van der Waals surface area contributed by atoms with Crippen molar-refractivity contribution < 1.29 is 9.21 Å². The van der Waals surface area contributed by atoms with Crippen molar-refractivity contribution in [3.63, 3.8) is 0 Å². The first-order valence-electron chi connectivity index (χ1n) is 9.54. The van der Waals surface area contributed by atoms with Gasteiger partial charge in [-0.2, -0.15) is 5.10 Å². The van der Waals surface area contributed by atoms with Crippen LogP contribution in [0.4, 0.5) is 5.69 Å². The van der Waals surface area contributed by atoms with Crippen molar-refractivity contribution in [2.45, 2.75) is 27.3 Å². The van der Waals surface area contributed by atoms with Crippen LogP contribution in [0.2, 0.25) is 5.02 Å². The number of nitrogens with zero attached hydrogens (tertiary/aromatic N) is 3. The number of hydrogen-bond donors (Lipinski definition) is 1. The lowest BCUT2D eigenvalue weighted by Crippen LogP contribution is -2.12. The van der Waals surface area contributed by atoms with E-state index in [9.17, 15) is 4.79 Å². The van der Waals surface area contributed by atoms with Crippen LogP contribution in [0.5, 0.6) is 0 Å². The van der Waals surface area contributed by atoms with E-state index in [1.54, 1.807) is 24.3 Å². The average molecular weight is 421 g/mol. The smallest absolute Gasteiger partial charge is 0.257 e. The fraction of sp³-hybridized carbons (Fsp3) is 0.174. The summed E-state index contributed by atoms with van der Waals surface area (Å²) >= 11 is 6.09. The second-order valence-corrected chi connectivity index (χ2v) is 7.53. The quantitative estimate of drug-likeness (QED) is 0.468. The number of halogens is 1. The Morgan fingerprint density at radius 1 is 1.10 bits per heavy atom. The average Bonchev–Trinajstić information content (AvgIpc) is 3.24. The summed E-state index contributed by atoms with van der Waals surface area (Å²) in [5.74, 6) is 1.04. The van der Waals surface area contributed by atoms with Crippen molar-refractivity contribution in [1.82, 2.24) is 14.8 Å². The molecule has 0 atom stereocenters. The number of nitrogens with one attached hydrogen (secondary N) is 1. The van der Waals surface area contributed by atoms with E-state index in [-0.39, 0.29) is 5.91 Å². The number of aromatic nitrogens is 3. The Hall–Kier alpha value is -3.38. The lowest BCUT2D eigenvalue weighted by molar-refractivity contribution is 0.102. The van der Waals surface area contributed by atoms with Crippen LogP contribution in [0.1, 0.15) is 33.2 Å². The second kappa shape index (κ2) is 8.16. The van der Waals surface area contributed by atoms with Crippen molar-refractivity contribution in [3.05, 3.63) is 88.0 Å². The molecule has 0 saturated heterocycles. The van der Waals surface area contributed by atoms with Gasteiger partial charge in [0, 0.05) is 16.9 Å².